The van der Waals surface area contributed by atoms with Crippen molar-refractivity contribution in [1.29, 1.82) is 0 Å². The Balaban J connectivity index is 2.40. The van der Waals surface area contributed by atoms with Crippen LogP contribution in [0.25, 0.3) is 5.57 Å². The minimum Gasteiger partial charge on any atom is -0.542 e. The van der Waals surface area contributed by atoms with Crippen LogP contribution in [0.2, 0.25) is 16.6 Å². The fourth-order valence-electron chi connectivity index (χ4n) is 5.54. The van der Waals surface area contributed by atoms with Crippen LogP contribution in [0.5, 0.6) is 5.75 Å². The molecule has 0 saturated carbocycles. The third-order valence-electron chi connectivity index (χ3n) is 7.44. The topological polar surface area (TPSA) is 52.6 Å². The van der Waals surface area contributed by atoms with Crippen molar-refractivity contribution >= 4 is 26.1 Å². The predicted octanol–water partition coefficient (Wildman–Crippen LogP) is 7.70. The molecule has 1 aromatic rings. The lowest BCUT2D eigenvalue weighted by Gasteiger charge is -2.43. The van der Waals surface area contributed by atoms with Gasteiger partial charge in [-0.2, -0.15) is 0 Å². The number of benzene rings is 1. The van der Waals surface area contributed by atoms with Crippen molar-refractivity contribution in [2.24, 2.45) is 11.8 Å². The van der Waals surface area contributed by atoms with Crippen LogP contribution in [0.15, 0.2) is 36.4 Å². The van der Waals surface area contributed by atoms with Gasteiger partial charge in [-0.25, -0.2) is 0 Å². The SMILES string of the molecule is C/C(=C\C[C@@H]1C(=O)OC[C@H]1/C=C/C=O)c1ccc(C(C)C)c(O[Si](C(C)C)(C(C)C)C(C)C)c1. The zero-order valence-corrected chi connectivity index (χ0v) is 23.6. The third-order valence-corrected chi connectivity index (χ3v) is 13.4. The van der Waals surface area contributed by atoms with E-state index in [9.17, 15) is 9.59 Å². The maximum absolute atomic E-state index is 12.2. The van der Waals surface area contributed by atoms with Crippen LogP contribution >= 0.6 is 0 Å². The summed E-state index contributed by atoms with van der Waals surface area (Å²) in [4.78, 5) is 22.9. The Kier molecular flexibility index (Phi) is 9.92. The first-order chi connectivity index (χ1) is 15.9. The zero-order chi connectivity index (χ0) is 25.6. The lowest BCUT2D eigenvalue weighted by molar-refractivity contribution is -0.141. The number of rotatable bonds is 11. The minimum absolute atomic E-state index is 0.0568. The van der Waals surface area contributed by atoms with E-state index in [0.29, 0.717) is 35.6 Å². The van der Waals surface area contributed by atoms with E-state index in [1.165, 1.54) is 11.6 Å². The molecule has 1 saturated heterocycles. The summed E-state index contributed by atoms with van der Waals surface area (Å²) in [7, 11) is -2.09. The normalized spacial score (nSPS) is 19.7. The number of carbonyl (C=O) groups excluding carboxylic acids is 2. The second kappa shape index (κ2) is 12.0. The molecule has 0 radical (unpaired) electrons. The predicted molar refractivity (Wildman–Crippen MR) is 144 cm³/mol. The molecule has 1 aliphatic rings. The van der Waals surface area contributed by atoms with E-state index < -0.39 is 8.32 Å². The van der Waals surface area contributed by atoms with Crippen molar-refractivity contribution in [3.05, 3.63) is 47.6 Å². The van der Waals surface area contributed by atoms with Crippen LogP contribution in [-0.4, -0.2) is 27.2 Å². The molecule has 2 rings (SSSR count). The average molecular weight is 485 g/mol. The summed E-state index contributed by atoms with van der Waals surface area (Å²) < 4.78 is 12.4. The summed E-state index contributed by atoms with van der Waals surface area (Å²) in [5.74, 6) is 0.879. The molecule has 0 spiro atoms. The molecule has 0 bridgehead atoms. The highest BCUT2D eigenvalue weighted by molar-refractivity contribution is 6.78. The first-order valence-corrected chi connectivity index (χ1v) is 14.9. The Hall–Kier alpha value is -2.14. The van der Waals surface area contributed by atoms with E-state index >= 15 is 0 Å². The lowest BCUT2D eigenvalue weighted by atomic mass is 9.90. The van der Waals surface area contributed by atoms with E-state index in [2.05, 4.69) is 86.6 Å². The number of carbonyl (C=O) groups is 2. The number of hydrogen-bond donors (Lipinski definition) is 0. The van der Waals surface area contributed by atoms with Gasteiger partial charge in [-0.05, 0) is 64.7 Å². The van der Waals surface area contributed by atoms with E-state index in [1.807, 2.05) is 0 Å². The van der Waals surface area contributed by atoms with Gasteiger partial charge < -0.3 is 9.16 Å². The van der Waals surface area contributed by atoms with Gasteiger partial charge >= 0.3 is 5.97 Å². The minimum atomic E-state index is -2.09. The van der Waals surface area contributed by atoms with Gasteiger partial charge in [0.2, 0.25) is 0 Å². The van der Waals surface area contributed by atoms with Gasteiger partial charge in [0.15, 0.2) is 0 Å². The Morgan fingerprint density at radius 1 is 1.09 bits per heavy atom. The molecule has 1 aliphatic heterocycles. The fourth-order valence-corrected chi connectivity index (χ4v) is 10.8. The van der Waals surface area contributed by atoms with Crippen molar-refractivity contribution in [1.82, 2.24) is 0 Å². The maximum Gasteiger partial charge on any atom is 0.310 e. The van der Waals surface area contributed by atoms with E-state index in [1.54, 1.807) is 6.08 Å². The maximum atomic E-state index is 12.2. The van der Waals surface area contributed by atoms with Gasteiger partial charge in [-0.1, -0.05) is 79.7 Å². The van der Waals surface area contributed by atoms with Crippen molar-refractivity contribution in [2.75, 3.05) is 6.61 Å². The van der Waals surface area contributed by atoms with E-state index in [-0.39, 0.29) is 17.8 Å². The zero-order valence-electron chi connectivity index (χ0n) is 22.6. The molecule has 1 fully saturated rings. The first kappa shape index (κ1) is 28.1. The molecule has 1 aromatic carbocycles. The van der Waals surface area contributed by atoms with Gasteiger partial charge in [0.25, 0.3) is 8.32 Å². The van der Waals surface area contributed by atoms with Crippen LogP contribution in [0.4, 0.5) is 0 Å². The number of hydrogen-bond acceptors (Lipinski definition) is 4. The molecule has 0 amide bonds. The average Bonchev–Trinajstić information content (AvgIpc) is 3.12. The highest BCUT2D eigenvalue weighted by Crippen LogP contribution is 2.44. The third kappa shape index (κ3) is 6.10. The molecular weight excluding hydrogens is 440 g/mol. The van der Waals surface area contributed by atoms with Crippen molar-refractivity contribution < 1.29 is 18.8 Å². The second-order valence-electron chi connectivity index (χ2n) is 10.9. The molecule has 5 heteroatoms. The van der Waals surface area contributed by atoms with Crippen molar-refractivity contribution in [3.8, 4) is 5.75 Å². The summed E-state index contributed by atoms with van der Waals surface area (Å²) in [5.41, 5.74) is 4.97. The van der Waals surface area contributed by atoms with Crippen LogP contribution in [0.3, 0.4) is 0 Å². The lowest BCUT2D eigenvalue weighted by Crippen LogP contribution is -2.50. The van der Waals surface area contributed by atoms with Crippen LogP contribution in [0, 0.1) is 11.8 Å². The number of ether oxygens (including phenoxy) is 1. The molecule has 0 unspecified atom stereocenters. The summed E-state index contributed by atoms with van der Waals surface area (Å²) in [5, 5.41) is 0. The van der Waals surface area contributed by atoms with Crippen molar-refractivity contribution in [2.45, 2.75) is 91.3 Å². The van der Waals surface area contributed by atoms with Gasteiger partial charge in [0.05, 0.1) is 12.5 Å². The first-order valence-electron chi connectivity index (χ1n) is 12.7. The summed E-state index contributed by atoms with van der Waals surface area (Å²) in [6.45, 7) is 20.7. The highest BCUT2D eigenvalue weighted by atomic mass is 28.4. The molecule has 0 aromatic heterocycles. The molecule has 4 nitrogen and oxygen atoms in total. The molecular formula is C29H44O4Si. The van der Waals surface area contributed by atoms with Gasteiger partial charge in [0.1, 0.15) is 12.0 Å². The molecule has 0 aliphatic carbocycles. The quantitative estimate of drug-likeness (QED) is 0.140. The Bertz CT molecular complexity index is 889. The number of allylic oxidation sites excluding steroid dienone is 3. The summed E-state index contributed by atoms with van der Waals surface area (Å²) >= 11 is 0. The molecule has 188 valence electrons. The number of aldehydes is 1. The standard InChI is InChI=1S/C29H44O4Si/c1-19(2)26-15-13-24(17-28(26)33-34(20(3)4,21(5)6)22(7)8)23(9)12-14-27-25(11-10-16-30)18-32-29(27)31/h10-13,15-17,19-22,25,27H,14,18H2,1-9H3/b11-10+,23-12+/t25-,27+/m1/s1. The smallest absolute Gasteiger partial charge is 0.310 e. The monoisotopic (exact) mass is 484 g/mol. The number of esters is 1. The van der Waals surface area contributed by atoms with Crippen LogP contribution in [0.1, 0.15) is 85.8 Å². The van der Waals surface area contributed by atoms with Crippen LogP contribution < -0.4 is 4.43 Å². The van der Waals surface area contributed by atoms with E-state index in [0.717, 1.165) is 23.2 Å². The van der Waals surface area contributed by atoms with Gasteiger partial charge in [0, 0.05) is 5.92 Å². The van der Waals surface area contributed by atoms with Gasteiger partial charge in [-0.3, -0.25) is 9.59 Å². The molecule has 2 atom stereocenters. The summed E-state index contributed by atoms with van der Waals surface area (Å²) in [6.07, 6.45) is 6.68. The Morgan fingerprint density at radius 3 is 2.24 bits per heavy atom. The summed E-state index contributed by atoms with van der Waals surface area (Å²) in [6, 6.07) is 6.56. The van der Waals surface area contributed by atoms with Crippen molar-refractivity contribution in [3.63, 3.8) is 0 Å². The van der Waals surface area contributed by atoms with Crippen LogP contribution in [-0.2, 0) is 14.3 Å². The van der Waals surface area contributed by atoms with Gasteiger partial charge in [-0.15, -0.1) is 0 Å². The largest absolute Gasteiger partial charge is 0.542 e. The molecule has 1 heterocycles. The Morgan fingerprint density at radius 2 is 1.71 bits per heavy atom. The molecule has 34 heavy (non-hydrogen) atoms. The molecule has 0 N–H and O–H groups in total. The fraction of sp³-hybridized carbons (Fsp3) is 0.586. The number of cyclic esters (lactones) is 1. The van der Waals surface area contributed by atoms with E-state index in [4.69, 9.17) is 9.16 Å². The highest BCUT2D eigenvalue weighted by Gasteiger charge is 2.47. The second-order valence-corrected chi connectivity index (χ2v) is 16.2. The Labute approximate surface area is 207 Å².